The van der Waals surface area contributed by atoms with E-state index in [1.165, 1.54) is 32.5 Å². The normalized spacial score (nSPS) is 9.90. The molecule has 0 aliphatic carbocycles. The number of pyridine rings is 1. The van der Waals surface area contributed by atoms with Gasteiger partial charge in [-0.3, -0.25) is 0 Å². The summed E-state index contributed by atoms with van der Waals surface area (Å²) in [6.07, 6.45) is 1.35. The highest BCUT2D eigenvalue weighted by molar-refractivity contribution is 5.88. The van der Waals surface area contributed by atoms with Crippen molar-refractivity contribution in [3.05, 3.63) is 30.1 Å². The molecule has 2 aromatic heterocycles. The number of hydrogen-bond acceptors (Lipinski definition) is 7. The molecule has 8 nitrogen and oxygen atoms in total. The standard InChI is InChI=1S/C12H11N3O5/c1-18-8-6-9(19-2)15-12(14-8)20-7-4-3-5-13-10(7)11(16)17/h3-6H,1-2H3,(H,16,17). The molecule has 0 spiro atoms. The van der Waals surface area contributed by atoms with E-state index in [0.717, 1.165) is 0 Å². The largest absolute Gasteiger partial charge is 0.481 e. The molecule has 2 aromatic rings. The predicted molar refractivity (Wildman–Crippen MR) is 66.4 cm³/mol. The summed E-state index contributed by atoms with van der Waals surface area (Å²) in [5, 5.41) is 9.01. The molecule has 2 rings (SSSR count). The average Bonchev–Trinajstić information content (AvgIpc) is 2.47. The molecule has 0 saturated heterocycles. The number of aromatic carboxylic acids is 1. The molecule has 0 radical (unpaired) electrons. The average molecular weight is 277 g/mol. The van der Waals surface area contributed by atoms with Crippen LogP contribution < -0.4 is 14.2 Å². The fourth-order valence-corrected chi connectivity index (χ4v) is 1.37. The highest BCUT2D eigenvalue weighted by Gasteiger charge is 2.15. The van der Waals surface area contributed by atoms with Crippen LogP contribution in [0.2, 0.25) is 0 Å². The third-order valence-electron chi connectivity index (χ3n) is 2.25. The second-order valence-electron chi connectivity index (χ2n) is 3.49. The second-order valence-corrected chi connectivity index (χ2v) is 3.49. The van der Waals surface area contributed by atoms with Gasteiger partial charge >= 0.3 is 12.0 Å². The van der Waals surface area contributed by atoms with Crippen LogP contribution in [0.4, 0.5) is 0 Å². The molecule has 0 unspecified atom stereocenters. The zero-order valence-corrected chi connectivity index (χ0v) is 10.7. The minimum absolute atomic E-state index is 0.0234. The van der Waals surface area contributed by atoms with Crippen LogP contribution in [0.5, 0.6) is 23.5 Å². The lowest BCUT2D eigenvalue weighted by Crippen LogP contribution is -2.04. The zero-order valence-electron chi connectivity index (χ0n) is 10.7. The molecule has 0 aliphatic rings. The van der Waals surface area contributed by atoms with Crippen LogP contribution in [0, 0.1) is 0 Å². The number of rotatable bonds is 5. The second kappa shape index (κ2) is 5.83. The number of nitrogens with zero attached hydrogens (tertiary/aromatic N) is 3. The summed E-state index contributed by atoms with van der Waals surface area (Å²) in [6, 6.07) is 4.36. The maximum atomic E-state index is 11.0. The maximum absolute atomic E-state index is 11.0. The number of hydrogen-bond donors (Lipinski definition) is 1. The van der Waals surface area contributed by atoms with Gasteiger partial charge in [-0.25, -0.2) is 9.78 Å². The Morgan fingerprint density at radius 3 is 2.40 bits per heavy atom. The Bertz CT molecular complexity index is 610. The van der Waals surface area contributed by atoms with Gasteiger partial charge in [0, 0.05) is 6.20 Å². The van der Waals surface area contributed by atoms with Gasteiger partial charge in [0.25, 0.3) is 0 Å². The van der Waals surface area contributed by atoms with E-state index in [1.54, 1.807) is 6.07 Å². The van der Waals surface area contributed by atoms with Crippen molar-refractivity contribution >= 4 is 5.97 Å². The van der Waals surface area contributed by atoms with Gasteiger partial charge in [0.05, 0.1) is 20.3 Å². The van der Waals surface area contributed by atoms with Crippen LogP contribution >= 0.6 is 0 Å². The quantitative estimate of drug-likeness (QED) is 0.874. The molecule has 0 bridgehead atoms. The van der Waals surface area contributed by atoms with Gasteiger partial charge in [0.15, 0.2) is 11.4 Å². The molecule has 20 heavy (non-hydrogen) atoms. The van der Waals surface area contributed by atoms with Crippen LogP contribution in [-0.4, -0.2) is 40.2 Å². The van der Waals surface area contributed by atoms with Gasteiger partial charge in [-0.1, -0.05) is 0 Å². The fourth-order valence-electron chi connectivity index (χ4n) is 1.37. The summed E-state index contributed by atoms with van der Waals surface area (Å²) in [5.41, 5.74) is -0.238. The minimum atomic E-state index is -1.21. The van der Waals surface area contributed by atoms with Gasteiger partial charge in [-0.15, -0.1) is 0 Å². The van der Waals surface area contributed by atoms with E-state index in [0.29, 0.717) is 0 Å². The number of carboxylic acids is 1. The van der Waals surface area contributed by atoms with E-state index in [-0.39, 0.29) is 29.2 Å². The summed E-state index contributed by atoms with van der Waals surface area (Å²) < 4.78 is 15.3. The molecule has 0 atom stereocenters. The molecule has 2 heterocycles. The molecule has 0 aliphatic heterocycles. The Balaban J connectivity index is 2.37. The van der Waals surface area contributed by atoms with E-state index in [9.17, 15) is 4.79 Å². The lowest BCUT2D eigenvalue weighted by molar-refractivity contribution is 0.0687. The lowest BCUT2D eigenvalue weighted by Gasteiger charge is -2.08. The van der Waals surface area contributed by atoms with Gasteiger partial charge in [-0.2, -0.15) is 9.97 Å². The van der Waals surface area contributed by atoms with E-state index in [2.05, 4.69) is 15.0 Å². The van der Waals surface area contributed by atoms with E-state index >= 15 is 0 Å². The summed E-state index contributed by atoms with van der Waals surface area (Å²) in [6.45, 7) is 0. The highest BCUT2D eigenvalue weighted by Crippen LogP contribution is 2.25. The summed E-state index contributed by atoms with van der Waals surface area (Å²) in [4.78, 5) is 22.6. The summed E-state index contributed by atoms with van der Waals surface area (Å²) >= 11 is 0. The van der Waals surface area contributed by atoms with Crippen molar-refractivity contribution in [2.24, 2.45) is 0 Å². The number of methoxy groups -OCH3 is 2. The topological polar surface area (TPSA) is 104 Å². The Kier molecular flexibility index (Phi) is 3.94. The third-order valence-corrected chi connectivity index (χ3v) is 2.25. The SMILES string of the molecule is COc1cc(OC)nc(Oc2cccnc2C(=O)O)n1. The van der Waals surface area contributed by atoms with E-state index in [1.807, 2.05) is 0 Å². The van der Waals surface area contributed by atoms with Crippen molar-refractivity contribution in [2.75, 3.05) is 14.2 Å². The van der Waals surface area contributed by atoms with E-state index < -0.39 is 5.97 Å². The number of ether oxygens (including phenoxy) is 3. The molecule has 0 fully saturated rings. The lowest BCUT2D eigenvalue weighted by atomic mass is 10.3. The number of carboxylic acid groups (broad SMARTS) is 1. The number of carbonyl (C=O) groups is 1. The zero-order chi connectivity index (χ0) is 14.5. The van der Waals surface area contributed by atoms with Crippen molar-refractivity contribution < 1.29 is 24.1 Å². The van der Waals surface area contributed by atoms with Crippen LogP contribution in [0.15, 0.2) is 24.4 Å². The summed E-state index contributed by atoms with van der Waals surface area (Å²) in [5.74, 6) is -0.731. The Morgan fingerprint density at radius 1 is 1.20 bits per heavy atom. The predicted octanol–water partition coefficient (Wildman–Crippen LogP) is 1.38. The van der Waals surface area contributed by atoms with Crippen LogP contribution in [-0.2, 0) is 0 Å². The van der Waals surface area contributed by atoms with E-state index in [4.69, 9.17) is 19.3 Å². The van der Waals surface area contributed by atoms with Crippen molar-refractivity contribution in [1.29, 1.82) is 0 Å². The molecule has 0 aromatic carbocycles. The molecule has 0 saturated carbocycles. The smallest absolute Gasteiger partial charge is 0.358 e. The van der Waals surface area contributed by atoms with Crippen LogP contribution in [0.25, 0.3) is 0 Å². The van der Waals surface area contributed by atoms with Gasteiger partial charge in [0.1, 0.15) is 0 Å². The highest BCUT2D eigenvalue weighted by atomic mass is 16.5. The first-order valence-electron chi connectivity index (χ1n) is 5.47. The van der Waals surface area contributed by atoms with Crippen molar-refractivity contribution in [1.82, 2.24) is 15.0 Å². The van der Waals surface area contributed by atoms with Crippen molar-refractivity contribution in [3.8, 4) is 23.5 Å². The van der Waals surface area contributed by atoms with Crippen LogP contribution in [0.1, 0.15) is 10.5 Å². The van der Waals surface area contributed by atoms with Crippen molar-refractivity contribution in [2.45, 2.75) is 0 Å². The molecule has 1 N–H and O–H groups in total. The minimum Gasteiger partial charge on any atom is -0.481 e. The molecular weight excluding hydrogens is 266 g/mol. The Morgan fingerprint density at radius 2 is 1.85 bits per heavy atom. The third kappa shape index (κ3) is 2.91. The number of aromatic nitrogens is 3. The Labute approximate surface area is 114 Å². The first-order valence-corrected chi connectivity index (χ1v) is 5.47. The monoisotopic (exact) mass is 277 g/mol. The first kappa shape index (κ1) is 13.5. The summed E-state index contributed by atoms with van der Waals surface area (Å²) in [7, 11) is 2.86. The molecular formula is C12H11N3O5. The first-order chi connectivity index (χ1) is 9.63. The molecule has 8 heteroatoms. The Hall–Kier alpha value is -2.90. The fraction of sp³-hybridized carbons (Fsp3) is 0.167. The molecule has 104 valence electrons. The van der Waals surface area contributed by atoms with Crippen molar-refractivity contribution in [3.63, 3.8) is 0 Å². The maximum Gasteiger partial charge on any atom is 0.358 e. The van der Waals surface area contributed by atoms with Gasteiger partial charge < -0.3 is 19.3 Å². The van der Waals surface area contributed by atoms with Gasteiger partial charge in [0.2, 0.25) is 11.8 Å². The van der Waals surface area contributed by atoms with Crippen LogP contribution in [0.3, 0.4) is 0 Å². The van der Waals surface area contributed by atoms with Gasteiger partial charge in [-0.05, 0) is 12.1 Å². The molecule has 0 amide bonds.